The Hall–Kier alpha value is -0.940. The van der Waals surface area contributed by atoms with E-state index in [-0.39, 0.29) is 12.0 Å². The van der Waals surface area contributed by atoms with Gasteiger partial charge in [-0.15, -0.1) is 0 Å². The first-order chi connectivity index (χ1) is 10.2. The highest BCUT2D eigenvalue weighted by atomic mass is 16.5. The number of nitrogens with zero attached hydrogens (tertiary/aromatic N) is 2. The van der Waals surface area contributed by atoms with E-state index in [4.69, 9.17) is 9.26 Å². The summed E-state index contributed by atoms with van der Waals surface area (Å²) in [6.45, 7) is 0. The molecule has 2 aliphatic rings. The van der Waals surface area contributed by atoms with Gasteiger partial charge in [-0.1, -0.05) is 43.7 Å². The lowest BCUT2D eigenvalue weighted by Gasteiger charge is -2.27. The molecule has 0 aliphatic heterocycles. The summed E-state index contributed by atoms with van der Waals surface area (Å²) in [6, 6.07) is 0. The fourth-order valence-corrected chi connectivity index (χ4v) is 3.79. The van der Waals surface area contributed by atoms with Gasteiger partial charge in [-0.3, -0.25) is 0 Å². The zero-order valence-corrected chi connectivity index (χ0v) is 12.9. The van der Waals surface area contributed by atoms with E-state index < -0.39 is 5.60 Å². The van der Waals surface area contributed by atoms with Crippen LogP contribution in [0.15, 0.2) is 4.52 Å². The summed E-state index contributed by atoms with van der Waals surface area (Å²) in [4.78, 5) is 4.63. The highest BCUT2D eigenvalue weighted by molar-refractivity contribution is 5.06. The third-order valence-corrected chi connectivity index (χ3v) is 5.20. The molecule has 0 amide bonds. The van der Waals surface area contributed by atoms with E-state index in [1.807, 2.05) is 0 Å². The van der Waals surface area contributed by atoms with Gasteiger partial charge in [-0.05, 0) is 25.7 Å². The van der Waals surface area contributed by atoms with E-state index in [9.17, 15) is 5.11 Å². The van der Waals surface area contributed by atoms with Gasteiger partial charge in [-0.2, -0.15) is 4.98 Å². The fraction of sp³-hybridized carbons (Fsp3) is 0.875. The van der Waals surface area contributed by atoms with Crippen molar-refractivity contribution in [2.75, 3.05) is 7.11 Å². The van der Waals surface area contributed by atoms with Crippen molar-refractivity contribution >= 4 is 0 Å². The molecule has 1 aromatic rings. The number of aromatic nitrogens is 2. The molecule has 3 rings (SSSR count). The predicted molar refractivity (Wildman–Crippen MR) is 77.9 cm³/mol. The van der Waals surface area contributed by atoms with Crippen LogP contribution in [0.1, 0.15) is 81.8 Å². The molecule has 0 radical (unpaired) electrons. The third kappa shape index (κ3) is 2.99. The summed E-state index contributed by atoms with van der Waals surface area (Å²) in [5.41, 5.74) is -0.391. The molecule has 2 aliphatic carbocycles. The summed E-state index contributed by atoms with van der Waals surface area (Å²) in [7, 11) is 1.75. The lowest BCUT2D eigenvalue weighted by Crippen LogP contribution is -2.29. The molecule has 1 aromatic heterocycles. The number of aliphatic hydroxyl groups excluding tert-OH is 1. The average molecular weight is 294 g/mol. The van der Waals surface area contributed by atoms with Gasteiger partial charge in [0.25, 0.3) is 0 Å². The monoisotopic (exact) mass is 294 g/mol. The van der Waals surface area contributed by atoms with Crippen LogP contribution < -0.4 is 0 Å². The second-order valence-electron chi connectivity index (χ2n) is 6.53. The molecule has 5 nitrogen and oxygen atoms in total. The smallest absolute Gasteiger partial charge is 0.232 e. The molecule has 118 valence electrons. The van der Waals surface area contributed by atoms with Crippen molar-refractivity contribution in [1.29, 1.82) is 0 Å². The van der Waals surface area contributed by atoms with E-state index in [0.29, 0.717) is 11.7 Å². The van der Waals surface area contributed by atoms with E-state index >= 15 is 0 Å². The Bertz CT molecular complexity index is 452. The lowest BCUT2D eigenvalue weighted by atomic mass is 9.86. The molecule has 2 atom stereocenters. The van der Waals surface area contributed by atoms with Crippen molar-refractivity contribution in [3.8, 4) is 0 Å². The zero-order chi connectivity index (χ0) is 14.7. The Morgan fingerprint density at radius 3 is 2.48 bits per heavy atom. The molecule has 0 aromatic carbocycles. The maximum atomic E-state index is 10.1. The predicted octanol–water partition coefficient (Wildman–Crippen LogP) is 3.28. The molecule has 2 saturated carbocycles. The van der Waals surface area contributed by atoms with Crippen molar-refractivity contribution in [1.82, 2.24) is 10.1 Å². The van der Waals surface area contributed by atoms with Gasteiger partial charge >= 0.3 is 0 Å². The molecular formula is C16H26N2O3. The summed E-state index contributed by atoms with van der Waals surface area (Å²) in [6.07, 6.45) is 10.3. The van der Waals surface area contributed by atoms with E-state index in [1.54, 1.807) is 7.11 Å². The number of ether oxygens (including phenoxy) is 1. The Labute approximate surface area is 126 Å². The highest BCUT2D eigenvalue weighted by Crippen LogP contribution is 2.39. The van der Waals surface area contributed by atoms with Crippen LogP contribution in [0.3, 0.4) is 0 Å². The van der Waals surface area contributed by atoms with Crippen LogP contribution in [0, 0.1) is 0 Å². The normalized spacial score (nSPS) is 30.0. The maximum Gasteiger partial charge on any atom is 0.232 e. The Kier molecular flexibility index (Phi) is 4.60. The molecular weight excluding hydrogens is 268 g/mol. The van der Waals surface area contributed by atoms with Gasteiger partial charge in [0.15, 0.2) is 0 Å². The van der Waals surface area contributed by atoms with E-state index in [1.165, 1.54) is 12.8 Å². The fourth-order valence-electron chi connectivity index (χ4n) is 3.79. The highest BCUT2D eigenvalue weighted by Gasteiger charge is 2.39. The summed E-state index contributed by atoms with van der Waals surface area (Å²) in [5.74, 6) is 1.28. The van der Waals surface area contributed by atoms with Gasteiger partial charge in [0.05, 0.1) is 12.0 Å². The standard InChI is InChI=1S/C16H26N2O3/c1-20-16(10-6-2-3-7-11-16)15-17-14(21-18-15)12-8-4-5-9-13(12)19/h12-13,19H,2-11H2,1H3. The Morgan fingerprint density at radius 1 is 1.10 bits per heavy atom. The number of hydrogen-bond acceptors (Lipinski definition) is 5. The van der Waals surface area contributed by atoms with Crippen molar-refractivity contribution in [3.05, 3.63) is 11.7 Å². The summed E-state index contributed by atoms with van der Waals surface area (Å²) < 4.78 is 11.3. The second-order valence-corrected chi connectivity index (χ2v) is 6.53. The van der Waals surface area contributed by atoms with Crippen molar-refractivity contribution in [3.63, 3.8) is 0 Å². The topological polar surface area (TPSA) is 68.4 Å². The van der Waals surface area contributed by atoms with Gasteiger partial charge in [0, 0.05) is 7.11 Å². The first-order valence-corrected chi connectivity index (χ1v) is 8.32. The zero-order valence-electron chi connectivity index (χ0n) is 12.9. The Morgan fingerprint density at radius 2 is 1.81 bits per heavy atom. The largest absolute Gasteiger partial charge is 0.392 e. The first-order valence-electron chi connectivity index (χ1n) is 8.32. The Balaban J connectivity index is 1.82. The number of hydrogen-bond donors (Lipinski definition) is 1. The summed E-state index contributed by atoms with van der Waals surface area (Å²) in [5, 5.41) is 14.4. The molecule has 5 heteroatoms. The van der Waals surface area contributed by atoms with Crippen molar-refractivity contribution < 1.29 is 14.4 Å². The lowest BCUT2D eigenvalue weighted by molar-refractivity contribution is -0.0365. The van der Waals surface area contributed by atoms with Crippen molar-refractivity contribution in [2.45, 2.75) is 81.8 Å². The molecule has 1 heterocycles. The molecule has 21 heavy (non-hydrogen) atoms. The van der Waals surface area contributed by atoms with Crippen LogP contribution in [0.4, 0.5) is 0 Å². The minimum atomic E-state index is -0.391. The van der Waals surface area contributed by atoms with Gasteiger partial charge in [-0.25, -0.2) is 0 Å². The molecule has 2 unspecified atom stereocenters. The number of methoxy groups -OCH3 is 1. The molecule has 1 N–H and O–H groups in total. The number of aliphatic hydroxyl groups is 1. The van der Waals surface area contributed by atoms with E-state index in [2.05, 4.69) is 10.1 Å². The first kappa shape index (κ1) is 15.0. The van der Waals surface area contributed by atoms with Crippen LogP contribution in [0.5, 0.6) is 0 Å². The van der Waals surface area contributed by atoms with E-state index in [0.717, 1.165) is 51.4 Å². The maximum absolute atomic E-state index is 10.1. The number of rotatable bonds is 3. The van der Waals surface area contributed by atoms with Crippen molar-refractivity contribution in [2.24, 2.45) is 0 Å². The minimum absolute atomic E-state index is 0.000292. The van der Waals surface area contributed by atoms with Gasteiger partial charge in [0.1, 0.15) is 5.60 Å². The van der Waals surface area contributed by atoms with Gasteiger partial charge < -0.3 is 14.4 Å². The molecule has 2 fully saturated rings. The third-order valence-electron chi connectivity index (χ3n) is 5.20. The molecule has 0 spiro atoms. The minimum Gasteiger partial charge on any atom is -0.392 e. The van der Waals surface area contributed by atoms with Crippen LogP contribution in [-0.4, -0.2) is 28.5 Å². The molecule has 0 saturated heterocycles. The van der Waals surface area contributed by atoms with Crippen LogP contribution in [0.2, 0.25) is 0 Å². The van der Waals surface area contributed by atoms with Crippen LogP contribution >= 0.6 is 0 Å². The molecule has 0 bridgehead atoms. The summed E-state index contributed by atoms with van der Waals surface area (Å²) >= 11 is 0. The van der Waals surface area contributed by atoms with Crippen LogP contribution in [0.25, 0.3) is 0 Å². The second kappa shape index (κ2) is 6.44. The van der Waals surface area contributed by atoms with Gasteiger partial charge in [0.2, 0.25) is 11.7 Å². The quantitative estimate of drug-likeness (QED) is 0.866. The average Bonchev–Trinajstić information content (AvgIpc) is 2.87. The SMILES string of the molecule is COC1(c2noc(C3CCCCC3O)n2)CCCCCC1. The van der Waals surface area contributed by atoms with Crippen LogP contribution in [-0.2, 0) is 10.3 Å².